The highest BCUT2D eigenvalue weighted by Crippen LogP contribution is 2.18. The molecule has 0 atom stereocenters. The summed E-state index contributed by atoms with van der Waals surface area (Å²) in [5.74, 6) is -1.53. The van der Waals surface area contributed by atoms with Crippen LogP contribution in [0.3, 0.4) is 0 Å². The molecule has 9 heteroatoms. The molecule has 1 aromatic carbocycles. The number of rotatable bonds is 4. The highest BCUT2D eigenvalue weighted by molar-refractivity contribution is 7.90. The number of nitrogens with zero attached hydrogens (tertiary/aromatic N) is 1. The van der Waals surface area contributed by atoms with Crippen molar-refractivity contribution in [3.8, 4) is 0 Å². The van der Waals surface area contributed by atoms with Crippen molar-refractivity contribution in [3.63, 3.8) is 0 Å². The first kappa shape index (κ1) is 14.7. The van der Waals surface area contributed by atoms with Crippen molar-refractivity contribution in [1.29, 1.82) is 0 Å². The number of nitrogens with two attached hydrogens (primary N) is 1. The van der Waals surface area contributed by atoms with Crippen molar-refractivity contribution in [2.75, 3.05) is 30.9 Å². The molecule has 7 nitrogen and oxygen atoms in total. The molecule has 1 aliphatic rings. The van der Waals surface area contributed by atoms with Gasteiger partial charge in [0.25, 0.3) is 0 Å². The molecule has 110 valence electrons. The summed E-state index contributed by atoms with van der Waals surface area (Å²) < 4.78 is 41.2. The Balaban J connectivity index is 2.24. The SMILES string of the molecule is NC(=O)c1ccc(F)c(NS(=O)(=O)N2CCNCC2)c1. The summed E-state index contributed by atoms with van der Waals surface area (Å²) in [4.78, 5) is 11.0. The van der Waals surface area contributed by atoms with Gasteiger partial charge in [-0.15, -0.1) is 0 Å². The van der Waals surface area contributed by atoms with Crippen LogP contribution in [0, 0.1) is 5.82 Å². The smallest absolute Gasteiger partial charge is 0.301 e. The van der Waals surface area contributed by atoms with Crippen LogP contribution in [0.2, 0.25) is 0 Å². The number of primary amides is 1. The molecular weight excluding hydrogens is 287 g/mol. The van der Waals surface area contributed by atoms with Crippen molar-refractivity contribution < 1.29 is 17.6 Å². The molecule has 1 aliphatic heterocycles. The second-order valence-electron chi connectivity index (χ2n) is 4.32. The first-order valence-corrected chi connectivity index (χ1v) is 7.42. The number of carbonyl (C=O) groups excluding carboxylic acids is 1. The summed E-state index contributed by atoms with van der Waals surface area (Å²) in [5, 5.41) is 3.02. The summed E-state index contributed by atoms with van der Waals surface area (Å²) in [6, 6.07) is 3.27. The molecule has 1 fully saturated rings. The lowest BCUT2D eigenvalue weighted by molar-refractivity contribution is 0.100. The van der Waals surface area contributed by atoms with Crippen molar-refractivity contribution in [2.45, 2.75) is 0 Å². The molecule has 4 N–H and O–H groups in total. The molecule has 2 rings (SSSR count). The topological polar surface area (TPSA) is 105 Å². The molecule has 0 unspecified atom stereocenters. The van der Waals surface area contributed by atoms with E-state index in [-0.39, 0.29) is 11.3 Å². The molecule has 1 aromatic rings. The van der Waals surface area contributed by atoms with E-state index in [2.05, 4.69) is 10.0 Å². The van der Waals surface area contributed by atoms with Crippen LogP contribution in [0.15, 0.2) is 18.2 Å². The van der Waals surface area contributed by atoms with Gasteiger partial charge in [0.15, 0.2) is 0 Å². The van der Waals surface area contributed by atoms with Crippen LogP contribution < -0.4 is 15.8 Å². The predicted molar refractivity (Wildman–Crippen MR) is 71.9 cm³/mol. The molecule has 0 radical (unpaired) electrons. The van der Waals surface area contributed by atoms with Crippen LogP contribution in [0.4, 0.5) is 10.1 Å². The molecule has 0 bridgehead atoms. The van der Waals surface area contributed by atoms with Gasteiger partial charge in [0.1, 0.15) is 5.82 Å². The number of piperazine rings is 1. The van der Waals surface area contributed by atoms with E-state index in [4.69, 9.17) is 5.73 Å². The van der Waals surface area contributed by atoms with Gasteiger partial charge in [-0.2, -0.15) is 12.7 Å². The zero-order valence-electron chi connectivity index (χ0n) is 10.6. The van der Waals surface area contributed by atoms with E-state index in [1.807, 2.05) is 0 Å². The van der Waals surface area contributed by atoms with Gasteiger partial charge < -0.3 is 11.1 Å². The third-order valence-corrected chi connectivity index (χ3v) is 4.43. The molecular formula is C11H15FN4O3S. The number of nitrogens with one attached hydrogen (secondary N) is 2. The minimum Gasteiger partial charge on any atom is -0.366 e. The molecule has 1 heterocycles. The number of hydrogen-bond acceptors (Lipinski definition) is 4. The van der Waals surface area contributed by atoms with Gasteiger partial charge in [0.05, 0.1) is 5.69 Å². The molecule has 0 saturated carbocycles. The van der Waals surface area contributed by atoms with Crippen LogP contribution in [0.5, 0.6) is 0 Å². The predicted octanol–water partition coefficient (Wildman–Crippen LogP) is -0.513. The summed E-state index contributed by atoms with van der Waals surface area (Å²) in [5.41, 5.74) is 4.82. The second-order valence-corrected chi connectivity index (χ2v) is 5.99. The number of halogens is 1. The van der Waals surface area contributed by atoms with E-state index >= 15 is 0 Å². The number of carbonyl (C=O) groups is 1. The third-order valence-electron chi connectivity index (χ3n) is 2.91. The first-order valence-electron chi connectivity index (χ1n) is 5.98. The molecule has 1 amide bonds. The minimum absolute atomic E-state index is 0.0319. The quantitative estimate of drug-likeness (QED) is 0.696. The van der Waals surface area contributed by atoms with E-state index in [1.165, 1.54) is 10.4 Å². The standard InChI is InChI=1S/C11H15FN4O3S/c12-9-2-1-8(11(13)17)7-10(9)15-20(18,19)16-5-3-14-4-6-16/h1-2,7,14-15H,3-6H2,(H2,13,17). The number of hydrogen-bond donors (Lipinski definition) is 3. The van der Waals surface area contributed by atoms with Gasteiger partial charge in [-0.3, -0.25) is 9.52 Å². The van der Waals surface area contributed by atoms with Crippen LogP contribution >= 0.6 is 0 Å². The van der Waals surface area contributed by atoms with E-state index in [0.717, 1.165) is 12.1 Å². The van der Waals surface area contributed by atoms with Crippen LogP contribution in [0.25, 0.3) is 0 Å². The average Bonchev–Trinajstić information content (AvgIpc) is 2.42. The molecule has 1 saturated heterocycles. The van der Waals surface area contributed by atoms with Gasteiger partial charge >= 0.3 is 10.2 Å². The van der Waals surface area contributed by atoms with E-state index in [0.29, 0.717) is 26.2 Å². The van der Waals surface area contributed by atoms with Crippen LogP contribution in [-0.4, -0.2) is 44.8 Å². The highest BCUT2D eigenvalue weighted by Gasteiger charge is 2.24. The Labute approximate surface area is 116 Å². The Hall–Kier alpha value is -1.71. The van der Waals surface area contributed by atoms with E-state index in [9.17, 15) is 17.6 Å². The lowest BCUT2D eigenvalue weighted by Crippen LogP contribution is -2.48. The fraction of sp³-hybridized carbons (Fsp3) is 0.364. The maximum absolute atomic E-state index is 13.6. The summed E-state index contributed by atoms with van der Waals surface area (Å²) >= 11 is 0. The normalized spacial score (nSPS) is 16.9. The summed E-state index contributed by atoms with van der Waals surface area (Å²) in [6.45, 7) is 1.66. The van der Waals surface area contributed by atoms with Crippen molar-refractivity contribution in [3.05, 3.63) is 29.6 Å². The fourth-order valence-corrected chi connectivity index (χ4v) is 3.07. The van der Waals surface area contributed by atoms with Crippen LogP contribution in [0.1, 0.15) is 10.4 Å². The van der Waals surface area contributed by atoms with Gasteiger partial charge in [-0.05, 0) is 18.2 Å². The van der Waals surface area contributed by atoms with Gasteiger partial charge in [0, 0.05) is 31.7 Å². The number of amides is 1. The largest absolute Gasteiger partial charge is 0.366 e. The summed E-state index contributed by atoms with van der Waals surface area (Å²) in [6.07, 6.45) is 0. The molecule has 20 heavy (non-hydrogen) atoms. The fourth-order valence-electron chi connectivity index (χ4n) is 1.84. The molecule has 0 aliphatic carbocycles. The Kier molecular flexibility index (Phi) is 4.21. The maximum Gasteiger partial charge on any atom is 0.301 e. The molecule has 0 spiro atoms. The Morgan fingerprint density at radius 2 is 2.00 bits per heavy atom. The zero-order chi connectivity index (χ0) is 14.8. The maximum atomic E-state index is 13.6. The Morgan fingerprint density at radius 3 is 2.60 bits per heavy atom. The third kappa shape index (κ3) is 3.24. The summed E-state index contributed by atoms with van der Waals surface area (Å²) in [7, 11) is -3.85. The Bertz CT molecular complexity index is 614. The highest BCUT2D eigenvalue weighted by atomic mass is 32.2. The average molecular weight is 302 g/mol. The second kappa shape index (κ2) is 5.73. The van der Waals surface area contributed by atoms with E-state index in [1.54, 1.807) is 0 Å². The Morgan fingerprint density at radius 1 is 1.35 bits per heavy atom. The monoisotopic (exact) mass is 302 g/mol. The van der Waals surface area contributed by atoms with E-state index < -0.39 is 21.9 Å². The lowest BCUT2D eigenvalue weighted by atomic mass is 10.2. The molecule has 0 aromatic heterocycles. The van der Waals surface area contributed by atoms with Gasteiger partial charge in [-0.25, -0.2) is 4.39 Å². The first-order chi connectivity index (χ1) is 9.40. The van der Waals surface area contributed by atoms with Crippen molar-refractivity contribution in [1.82, 2.24) is 9.62 Å². The lowest BCUT2D eigenvalue weighted by Gasteiger charge is -2.27. The number of anilines is 1. The van der Waals surface area contributed by atoms with Crippen molar-refractivity contribution in [2.24, 2.45) is 5.73 Å². The minimum atomic E-state index is -3.85. The number of benzene rings is 1. The van der Waals surface area contributed by atoms with Gasteiger partial charge in [0.2, 0.25) is 5.91 Å². The van der Waals surface area contributed by atoms with Crippen molar-refractivity contribution >= 4 is 21.8 Å². The van der Waals surface area contributed by atoms with Crippen LogP contribution in [-0.2, 0) is 10.2 Å². The zero-order valence-corrected chi connectivity index (χ0v) is 11.4. The van der Waals surface area contributed by atoms with Gasteiger partial charge in [-0.1, -0.05) is 0 Å².